The summed E-state index contributed by atoms with van der Waals surface area (Å²) in [6.45, 7) is 2.11. The molecule has 0 aromatic carbocycles. The number of hydrogen-bond acceptors (Lipinski definition) is 6. The topological polar surface area (TPSA) is 69.4 Å². The van der Waals surface area contributed by atoms with Gasteiger partial charge in [-0.1, -0.05) is 17.4 Å². The van der Waals surface area contributed by atoms with Crippen molar-refractivity contribution >= 4 is 23.0 Å². The molecule has 1 aliphatic rings. The fourth-order valence-corrected chi connectivity index (χ4v) is 3.31. The van der Waals surface area contributed by atoms with Crippen LogP contribution in [0.1, 0.15) is 51.8 Å². The largest absolute Gasteiger partial charge is 0.461 e. The van der Waals surface area contributed by atoms with Crippen molar-refractivity contribution in [2.24, 2.45) is 0 Å². The fourth-order valence-electron chi connectivity index (χ4n) is 2.56. The molecule has 6 nitrogen and oxygen atoms in total. The highest BCUT2D eigenvalue weighted by Crippen LogP contribution is 2.39. The van der Waals surface area contributed by atoms with E-state index in [2.05, 4.69) is 37.9 Å². The Morgan fingerprint density at radius 1 is 1.35 bits per heavy atom. The lowest BCUT2D eigenvalue weighted by atomic mass is 10.2. The van der Waals surface area contributed by atoms with Crippen molar-refractivity contribution in [3.63, 3.8) is 0 Å². The number of nitrogens with zero attached hydrogens (tertiary/aromatic N) is 4. The van der Waals surface area contributed by atoms with Gasteiger partial charge in [-0.2, -0.15) is 0 Å². The summed E-state index contributed by atoms with van der Waals surface area (Å²) in [4.78, 5) is 16.2. The molecule has 7 heteroatoms. The standard InChI is InChI=1S/C16H16N4O2S/c1-2-22-16(21)15-19-18-14(23-15)7-12-9-20-8-11(10-3-4-10)5-6-13(20)17-12/h5-6,8-10H,2-4,7H2,1H3. The van der Waals surface area contributed by atoms with Crippen LogP contribution >= 0.6 is 11.3 Å². The zero-order valence-electron chi connectivity index (χ0n) is 12.7. The monoisotopic (exact) mass is 328 g/mol. The summed E-state index contributed by atoms with van der Waals surface area (Å²) >= 11 is 1.26. The second-order valence-electron chi connectivity index (χ2n) is 5.63. The van der Waals surface area contributed by atoms with Crippen LogP contribution in [0.5, 0.6) is 0 Å². The third kappa shape index (κ3) is 2.96. The number of imidazole rings is 1. The number of carbonyl (C=O) groups excluding carboxylic acids is 1. The van der Waals surface area contributed by atoms with E-state index in [1.54, 1.807) is 6.92 Å². The molecular weight excluding hydrogens is 312 g/mol. The van der Waals surface area contributed by atoms with Crippen LogP contribution in [0.25, 0.3) is 5.65 Å². The summed E-state index contributed by atoms with van der Waals surface area (Å²) in [7, 11) is 0. The van der Waals surface area contributed by atoms with Crippen molar-refractivity contribution in [3.8, 4) is 0 Å². The van der Waals surface area contributed by atoms with E-state index in [1.165, 1.54) is 29.7 Å². The minimum Gasteiger partial charge on any atom is -0.461 e. The Labute approximate surface area is 137 Å². The third-order valence-electron chi connectivity index (χ3n) is 3.82. The third-order valence-corrected chi connectivity index (χ3v) is 4.73. The predicted octanol–water partition coefficient (Wildman–Crippen LogP) is 2.83. The molecular formula is C16H16N4O2S. The first kappa shape index (κ1) is 14.3. The molecule has 4 rings (SSSR count). The quantitative estimate of drug-likeness (QED) is 0.674. The summed E-state index contributed by atoms with van der Waals surface area (Å²) in [6, 6.07) is 4.22. The Kier molecular flexibility index (Phi) is 3.57. The van der Waals surface area contributed by atoms with Gasteiger partial charge in [0.25, 0.3) is 0 Å². The smallest absolute Gasteiger partial charge is 0.369 e. The number of carbonyl (C=O) groups is 1. The van der Waals surface area contributed by atoms with Gasteiger partial charge >= 0.3 is 5.97 Å². The minimum absolute atomic E-state index is 0.293. The SMILES string of the molecule is CCOC(=O)c1nnc(Cc2cn3cc(C4CC4)ccc3n2)s1. The van der Waals surface area contributed by atoms with Crippen LogP contribution < -0.4 is 0 Å². The minimum atomic E-state index is -0.416. The Morgan fingerprint density at radius 2 is 2.22 bits per heavy atom. The van der Waals surface area contributed by atoms with Gasteiger partial charge in [0.15, 0.2) is 0 Å². The molecule has 1 saturated carbocycles. The average molecular weight is 328 g/mol. The van der Waals surface area contributed by atoms with Crippen LogP contribution in [-0.2, 0) is 11.2 Å². The van der Waals surface area contributed by atoms with Crippen LogP contribution in [0.4, 0.5) is 0 Å². The summed E-state index contributed by atoms with van der Waals surface area (Å²) in [5, 5.41) is 9.00. The number of esters is 1. The second-order valence-corrected chi connectivity index (χ2v) is 6.69. The fraction of sp³-hybridized carbons (Fsp3) is 0.375. The van der Waals surface area contributed by atoms with E-state index in [0.717, 1.165) is 22.3 Å². The maximum Gasteiger partial charge on any atom is 0.369 e. The van der Waals surface area contributed by atoms with Gasteiger partial charge in [-0.3, -0.25) is 0 Å². The van der Waals surface area contributed by atoms with E-state index in [-0.39, 0.29) is 0 Å². The Hall–Kier alpha value is -2.28. The van der Waals surface area contributed by atoms with Crippen molar-refractivity contribution in [1.82, 2.24) is 19.6 Å². The van der Waals surface area contributed by atoms with E-state index in [9.17, 15) is 4.79 Å². The molecule has 3 heterocycles. The van der Waals surface area contributed by atoms with Gasteiger partial charge in [0, 0.05) is 18.8 Å². The molecule has 3 aromatic heterocycles. The van der Waals surface area contributed by atoms with E-state index in [1.807, 2.05) is 6.20 Å². The Balaban J connectivity index is 1.54. The lowest BCUT2D eigenvalue weighted by molar-refractivity contribution is 0.0525. The van der Waals surface area contributed by atoms with Gasteiger partial charge in [-0.15, -0.1) is 10.2 Å². The summed E-state index contributed by atoms with van der Waals surface area (Å²) in [5.74, 6) is 0.306. The van der Waals surface area contributed by atoms with Crippen molar-refractivity contribution in [1.29, 1.82) is 0 Å². The van der Waals surface area contributed by atoms with Gasteiger partial charge < -0.3 is 9.14 Å². The van der Waals surface area contributed by atoms with E-state index >= 15 is 0 Å². The summed E-state index contributed by atoms with van der Waals surface area (Å²) < 4.78 is 7.00. The van der Waals surface area contributed by atoms with Gasteiger partial charge in [0.2, 0.25) is 5.01 Å². The zero-order valence-corrected chi connectivity index (χ0v) is 13.5. The van der Waals surface area contributed by atoms with Crippen LogP contribution in [0.2, 0.25) is 0 Å². The van der Waals surface area contributed by atoms with Crippen molar-refractivity contribution in [2.45, 2.75) is 32.1 Å². The highest BCUT2D eigenvalue weighted by atomic mass is 32.1. The lowest BCUT2D eigenvalue weighted by Crippen LogP contribution is -2.03. The molecule has 0 N–H and O–H groups in total. The number of hydrogen-bond donors (Lipinski definition) is 0. The molecule has 0 amide bonds. The Bertz CT molecular complexity index is 866. The maximum atomic E-state index is 11.6. The van der Waals surface area contributed by atoms with Gasteiger partial charge in [0.05, 0.1) is 12.3 Å². The first-order chi connectivity index (χ1) is 11.2. The molecule has 3 aromatic rings. The molecule has 23 heavy (non-hydrogen) atoms. The van der Waals surface area contributed by atoms with E-state index < -0.39 is 5.97 Å². The van der Waals surface area contributed by atoms with E-state index in [0.29, 0.717) is 18.0 Å². The molecule has 0 spiro atoms. The molecule has 1 fully saturated rings. The second kappa shape index (κ2) is 5.73. The van der Waals surface area contributed by atoms with Crippen LogP contribution in [0.3, 0.4) is 0 Å². The average Bonchev–Trinajstić information content (AvgIpc) is 3.15. The number of fused-ring (bicyclic) bond motifs is 1. The van der Waals surface area contributed by atoms with Crippen LogP contribution in [-0.4, -0.2) is 32.2 Å². The lowest BCUT2D eigenvalue weighted by Gasteiger charge is -1.98. The van der Waals surface area contributed by atoms with Crippen molar-refractivity contribution < 1.29 is 9.53 Å². The molecule has 0 radical (unpaired) electrons. The number of rotatable bonds is 5. The first-order valence-electron chi connectivity index (χ1n) is 7.70. The first-order valence-corrected chi connectivity index (χ1v) is 8.51. The highest BCUT2D eigenvalue weighted by molar-refractivity contribution is 7.13. The number of ether oxygens (including phenoxy) is 1. The molecule has 0 bridgehead atoms. The van der Waals surface area contributed by atoms with Crippen LogP contribution in [0, 0.1) is 0 Å². The maximum absolute atomic E-state index is 11.6. The molecule has 1 aliphatic carbocycles. The van der Waals surface area contributed by atoms with Crippen molar-refractivity contribution in [2.75, 3.05) is 6.61 Å². The molecule has 0 atom stereocenters. The zero-order chi connectivity index (χ0) is 15.8. The van der Waals surface area contributed by atoms with Gasteiger partial charge in [-0.25, -0.2) is 9.78 Å². The van der Waals surface area contributed by atoms with E-state index in [4.69, 9.17) is 4.74 Å². The molecule has 0 saturated heterocycles. The summed E-state index contributed by atoms with van der Waals surface area (Å²) in [5.41, 5.74) is 3.23. The highest BCUT2D eigenvalue weighted by Gasteiger charge is 2.23. The predicted molar refractivity (Wildman–Crippen MR) is 85.8 cm³/mol. The molecule has 0 unspecified atom stereocenters. The van der Waals surface area contributed by atoms with Gasteiger partial charge in [-0.05, 0) is 37.3 Å². The van der Waals surface area contributed by atoms with Crippen molar-refractivity contribution in [3.05, 3.63) is 45.8 Å². The molecule has 118 valence electrons. The Morgan fingerprint density at radius 3 is 3.00 bits per heavy atom. The number of pyridine rings is 1. The normalized spacial score (nSPS) is 14.3. The molecule has 0 aliphatic heterocycles. The van der Waals surface area contributed by atoms with Gasteiger partial charge in [0.1, 0.15) is 10.7 Å². The van der Waals surface area contributed by atoms with Crippen LogP contribution in [0.15, 0.2) is 24.5 Å². The number of aromatic nitrogens is 4. The summed E-state index contributed by atoms with van der Waals surface area (Å²) in [6.07, 6.45) is 7.32.